The van der Waals surface area contributed by atoms with Crippen molar-refractivity contribution in [2.75, 3.05) is 5.75 Å². The van der Waals surface area contributed by atoms with Gasteiger partial charge in [-0.15, -0.1) is 10.2 Å². The number of hydrogen-bond donors (Lipinski definition) is 3. The second-order valence-corrected chi connectivity index (χ2v) is 8.55. The monoisotopic (exact) mass is 441 g/mol. The highest BCUT2D eigenvalue weighted by molar-refractivity contribution is 7.80. The Hall–Kier alpha value is -2.68. The zero-order chi connectivity index (χ0) is 22.2. The van der Waals surface area contributed by atoms with E-state index in [1.807, 2.05) is 30.5 Å². The molecule has 1 atom stereocenters. The maximum atomic E-state index is 12.8. The highest BCUT2D eigenvalue weighted by Crippen LogP contribution is 2.17. The number of carbonyl (C=O) groups excluding carboxylic acids is 1. The van der Waals surface area contributed by atoms with E-state index in [0.29, 0.717) is 29.7 Å². The minimum atomic E-state index is -0.136. The van der Waals surface area contributed by atoms with Crippen LogP contribution in [0.25, 0.3) is 11.4 Å². The molecule has 1 amide bonds. The number of amides is 1. The number of benzene rings is 1. The fourth-order valence-electron chi connectivity index (χ4n) is 3.48. The average molecular weight is 442 g/mol. The normalized spacial score (nSPS) is 12.3. The number of aryl methyl sites for hydroxylation is 1. The molecule has 0 fully saturated rings. The number of imidazole rings is 1. The van der Waals surface area contributed by atoms with E-state index in [4.69, 9.17) is 0 Å². The van der Waals surface area contributed by atoms with Crippen molar-refractivity contribution < 1.29 is 4.79 Å². The van der Waals surface area contributed by atoms with E-state index in [1.54, 1.807) is 0 Å². The van der Waals surface area contributed by atoms with Gasteiger partial charge in [0, 0.05) is 36.5 Å². The Morgan fingerprint density at radius 1 is 1.26 bits per heavy atom. The van der Waals surface area contributed by atoms with Crippen molar-refractivity contribution in [3.05, 3.63) is 47.5 Å². The van der Waals surface area contributed by atoms with E-state index in [-0.39, 0.29) is 11.9 Å². The number of aromatic amines is 1. The van der Waals surface area contributed by atoms with Gasteiger partial charge in [-0.1, -0.05) is 51.5 Å². The Labute approximate surface area is 188 Å². The molecular formula is C22H31N7OS. The van der Waals surface area contributed by atoms with Crippen LogP contribution in [0, 0.1) is 5.92 Å². The van der Waals surface area contributed by atoms with Crippen molar-refractivity contribution in [2.24, 2.45) is 5.92 Å². The highest BCUT2D eigenvalue weighted by atomic mass is 32.1. The quantitative estimate of drug-likeness (QED) is 0.395. The molecule has 8 nitrogen and oxygen atoms in total. The molecule has 0 aliphatic carbocycles. The van der Waals surface area contributed by atoms with Crippen molar-refractivity contribution in [3.8, 4) is 11.4 Å². The Kier molecular flexibility index (Phi) is 8.22. The van der Waals surface area contributed by atoms with Crippen molar-refractivity contribution in [1.82, 2.24) is 35.5 Å². The van der Waals surface area contributed by atoms with E-state index >= 15 is 0 Å². The van der Waals surface area contributed by atoms with Crippen LogP contribution in [0.4, 0.5) is 0 Å². The summed E-state index contributed by atoms with van der Waals surface area (Å²) in [4.78, 5) is 17.5. The topological polar surface area (TPSA) is 101 Å². The van der Waals surface area contributed by atoms with Crippen LogP contribution in [0.15, 0.2) is 30.5 Å². The number of nitrogens with zero attached hydrogens (tertiary/aromatic N) is 5. The summed E-state index contributed by atoms with van der Waals surface area (Å²) in [7, 11) is 0. The summed E-state index contributed by atoms with van der Waals surface area (Å²) >= 11 is 4.39. The number of unbranched alkanes of at least 4 members (excludes halogenated alkanes) is 1. The summed E-state index contributed by atoms with van der Waals surface area (Å²) in [6, 6.07) is 8.06. The van der Waals surface area contributed by atoms with E-state index in [1.165, 1.54) is 0 Å². The molecule has 0 radical (unpaired) electrons. The van der Waals surface area contributed by atoms with Gasteiger partial charge in [0.05, 0.1) is 0 Å². The van der Waals surface area contributed by atoms with Crippen LogP contribution in [0.2, 0.25) is 0 Å². The molecule has 0 unspecified atom stereocenters. The maximum Gasteiger partial charge on any atom is 0.271 e. The van der Waals surface area contributed by atoms with Gasteiger partial charge < -0.3 is 9.88 Å². The number of carbonyl (C=O) groups is 1. The number of aromatic nitrogens is 6. The molecule has 3 aromatic rings. The summed E-state index contributed by atoms with van der Waals surface area (Å²) in [5, 5.41) is 17.2. The Morgan fingerprint density at radius 2 is 2.03 bits per heavy atom. The van der Waals surface area contributed by atoms with Gasteiger partial charge in [-0.3, -0.25) is 4.79 Å². The third kappa shape index (κ3) is 6.40. The SMILES string of the molecule is CCCCc1nc(C(=O)N[C@@H](CS)CC(C)C)cn1Cc1ccc(-c2nn[nH]n2)cc1. The Bertz CT molecular complexity index is 951. The number of thiol groups is 1. The smallest absolute Gasteiger partial charge is 0.271 e. The number of hydrogen-bond acceptors (Lipinski definition) is 6. The lowest BCUT2D eigenvalue weighted by atomic mass is 10.1. The first kappa shape index (κ1) is 23.0. The second kappa shape index (κ2) is 11.1. The molecule has 0 aliphatic heterocycles. The van der Waals surface area contributed by atoms with Crippen LogP contribution >= 0.6 is 12.6 Å². The Morgan fingerprint density at radius 3 is 2.65 bits per heavy atom. The largest absolute Gasteiger partial charge is 0.347 e. The molecule has 0 bridgehead atoms. The van der Waals surface area contributed by atoms with E-state index < -0.39 is 0 Å². The first-order valence-electron chi connectivity index (χ1n) is 10.8. The minimum absolute atomic E-state index is 0.0396. The molecule has 9 heteroatoms. The summed E-state index contributed by atoms with van der Waals surface area (Å²) < 4.78 is 2.08. The van der Waals surface area contributed by atoms with Crippen molar-refractivity contribution in [2.45, 2.75) is 59.0 Å². The van der Waals surface area contributed by atoms with Gasteiger partial charge in [-0.25, -0.2) is 4.98 Å². The number of nitrogens with one attached hydrogen (secondary N) is 2. The molecule has 2 N–H and O–H groups in total. The van der Waals surface area contributed by atoms with Gasteiger partial charge in [0.25, 0.3) is 5.91 Å². The second-order valence-electron chi connectivity index (χ2n) is 8.19. The molecule has 166 valence electrons. The van der Waals surface area contributed by atoms with Crippen molar-refractivity contribution in [1.29, 1.82) is 0 Å². The van der Waals surface area contributed by atoms with Crippen LogP contribution < -0.4 is 5.32 Å². The number of H-pyrrole nitrogens is 1. The fraction of sp³-hybridized carbons (Fsp3) is 0.500. The van der Waals surface area contributed by atoms with Crippen molar-refractivity contribution >= 4 is 18.5 Å². The first-order chi connectivity index (χ1) is 15.0. The van der Waals surface area contributed by atoms with Crippen LogP contribution in [0.1, 0.15) is 61.9 Å². The third-order valence-electron chi connectivity index (χ3n) is 5.07. The zero-order valence-corrected chi connectivity index (χ0v) is 19.3. The van der Waals surface area contributed by atoms with E-state index in [2.05, 4.69) is 68.9 Å². The van der Waals surface area contributed by atoms with Gasteiger partial charge in [-0.2, -0.15) is 17.8 Å². The molecule has 0 aliphatic rings. The predicted octanol–water partition coefficient (Wildman–Crippen LogP) is 3.53. The predicted molar refractivity (Wildman–Crippen MR) is 124 cm³/mol. The molecule has 1 aromatic carbocycles. The molecule has 2 heterocycles. The van der Waals surface area contributed by atoms with E-state index in [0.717, 1.165) is 42.6 Å². The maximum absolute atomic E-state index is 12.8. The molecule has 3 rings (SSSR count). The standard InChI is InChI=1S/C22H31N7OS/c1-4-5-6-20-24-19(22(30)23-18(14-31)11-15(2)3)13-29(20)12-16-7-9-17(10-8-16)21-25-27-28-26-21/h7-10,13,15,18,31H,4-6,11-12,14H2,1-3H3,(H,23,30)(H,25,26,27,28)/t18-/m1/s1. The average Bonchev–Trinajstić information content (AvgIpc) is 3.42. The number of tetrazole rings is 1. The van der Waals surface area contributed by atoms with Crippen LogP contribution in [0.3, 0.4) is 0 Å². The van der Waals surface area contributed by atoms with Gasteiger partial charge in [0.1, 0.15) is 11.5 Å². The molecule has 31 heavy (non-hydrogen) atoms. The first-order valence-corrected chi connectivity index (χ1v) is 11.4. The zero-order valence-electron chi connectivity index (χ0n) is 18.4. The van der Waals surface area contributed by atoms with Gasteiger partial charge in [0.2, 0.25) is 5.82 Å². The van der Waals surface area contributed by atoms with Crippen LogP contribution in [0.5, 0.6) is 0 Å². The molecular weight excluding hydrogens is 410 g/mol. The minimum Gasteiger partial charge on any atom is -0.347 e. The Balaban J connectivity index is 1.75. The fourth-order valence-corrected chi connectivity index (χ4v) is 3.72. The summed E-state index contributed by atoms with van der Waals surface area (Å²) in [6.45, 7) is 7.09. The lowest BCUT2D eigenvalue weighted by Gasteiger charge is -2.17. The molecule has 2 aromatic heterocycles. The van der Waals surface area contributed by atoms with Gasteiger partial charge >= 0.3 is 0 Å². The molecule has 0 saturated heterocycles. The number of rotatable bonds is 11. The molecule has 0 saturated carbocycles. The lowest BCUT2D eigenvalue weighted by Crippen LogP contribution is -2.37. The third-order valence-corrected chi connectivity index (χ3v) is 5.51. The highest BCUT2D eigenvalue weighted by Gasteiger charge is 2.18. The van der Waals surface area contributed by atoms with E-state index in [9.17, 15) is 4.79 Å². The van der Waals surface area contributed by atoms with Crippen molar-refractivity contribution in [3.63, 3.8) is 0 Å². The summed E-state index contributed by atoms with van der Waals surface area (Å²) in [6.07, 6.45) is 5.70. The van der Waals surface area contributed by atoms with Gasteiger partial charge in [0.15, 0.2) is 0 Å². The molecule has 0 spiro atoms. The van der Waals surface area contributed by atoms with Crippen LogP contribution in [-0.4, -0.2) is 47.9 Å². The van der Waals surface area contributed by atoms with Crippen LogP contribution in [-0.2, 0) is 13.0 Å². The summed E-state index contributed by atoms with van der Waals surface area (Å²) in [5.74, 6) is 2.46. The summed E-state index contributed by atoms with van der Waals surface area (Å²) in [5.41, 5.74) is 2.48. The lowest BCUT2D eigenvalue weighted by molar-refractivity contribution is 0.0932. The van der Waals surface area contributed by atoms with Gasteiger partial charge in [-0.05, 0) is 29.5 Å².